The minimum Gasteiger partial charge on any atom is -1.00 e. The summed E-state index contributed by atoms with van der Waals surface area (Å²) in [6.07, 6.45) is 19.2. The molecule has 3 atom stereocenters. The molecule has 9 aliphatic rings. The quantitative estimate of drug-likeness (QED) is 0.0348. The summed E-state index contributed by atoms with van der Waals surface area (Å²) < 4.78 is 32.6. The van der Waals surface area contributed by atoms with Gasteiger partial charge in [-0.15, -0.1) is 0 Å². The molecule has 0 saturated heterocycles. The number of benzene rings is 6. The van der Waals surface area contributed by atoms with E-state index in [1.807, 2.05) is 35.3 Å². The maximum absolute atomic E-state index is 12.6. The molecule has 9 aliphatic heterocycles. The van der Waals surface area contributed by atoms with Gasteiger partial charge in [0.1, 0.15) is 55.2 Å². The van der Waals surface area contributed by atoms with Crippen LogP contribution < -0.4 is 125 Å². The van der Waals surface area contributed by atoms with Gasteiger partial charge in [-0.25, -0.2) is 0 Å². The average molecular weight is 1800 g/mol. The molecule has 0 radical (unpaired) electrons. The number of anilines is 3. The first-order chi connectivity index (χ1) is 49.8. The SMILES string of the molecule is C.O=C(CCCCC[n+]1ccc2c3c(cccc31)OC1CCN3C(=C21)Sc1ccccc13)NCCOCCNC(=O)CCCCC[n+]1ccc2c3c(cccc31)OC1CCN3C(=C21)Sc1ccccc13.O=C(O)CCCCC[n+]1ccc2c3c(cccc31)OC1CCN3C(=C21)Sc1ccccc13.[I-].[I-].[I-]. The Balaban J connectivity index is 0.000000228. The maximum Gasteiger partial charge on any atom is 0.303 e. The number of thioether (sulfide) groups is 3. The lowest BCUT2D eigenvalue weighted by Crippen LogP contribution is -3.00. The highest BCUT2D eigenvalue weighted by atomic mass is 127. The molecule has 0 spiro atoms. The topological polar surface area (TPSA) is 154 Å². The van der Waals surface area contributed by atoms with Crippen LogP contribution in [-0.2, 0) is 38.8 Å². The Morgan fingerprint density at radius 3 is 1.10 bits per heavy atom. The molecule has 3 aromatic heterocycles. The summed E-state index contributed by atoms with van der Waals surface area (Å²) in [5.74, 6) is 2.31. The molecule has 16 nitrogen and oxygen atoms in total. The number of aromatic nitrogens is 3. The monoisotopic (exact) mass is 1800 g/mol. The summed E-state index contributed by atoms with van der Waals surface area (Å²) in [5.41, 5.74) is 15.3. The Kier molecular flexibility index (Phi) is 24.9. The number of hydrogen-bond donors (Lipinski definition) is 3. The van der Waals surface area contributed by atoms with Crippen LogP contribution in [0.5, 0.6) is 17.2 Å². The second-order valence-corrected chi connectivity index (χ2v) is 30.5. The van der Waals surface area contributed by atoms with Crippen molar-refractivity contribution in [3.05, 3.63) is 196 Å². The number of aryl methyl sites for hydroxylation is 3. The molecular weight excluding hydrogens is 1710 g/mol. The smallest absolute Gasteiger partial charge is 0.303 e. The van der Waals surface area contributed by atoms with Gasteiger partial charge in [-0.3, -0.25) is 14.4 Å². The zero-order valence-electron chi connectivity index (χ0n) is 57.8. The van der Waals surface area contributed by atoms with Crippen molar-refractivity contribution >= 4 is 120 Å². The van der Waals surface area contributed by atoms with E-state index >= 15 is 0 Å². The van der Waals surface area contributed by atoms with Gasteiger partial charge >= 0.3 is 5.97 Å². The Labute approximate surface area is 678 Å². The third-order valence-corrected chi connectivity index (χ3v) is 24.6. The molecular formula is C83H87I3N8O8S3. The van der Waals surface area contributed by atoms with Gasteiger partial charge in [-0.2, -0.15) is 13.7 Å². The van der Waals surface area contributed by atoms with Crippen LogP contribution in [0.1, 0.15) is 120 Å². The number of fused-ring (bicyclic) bond motifs is 15. The minimum absolute atomic E-state index is 0. The molecule has 0 fully saturated rings. The second kappa shape index (κ2) is 34.2. The number of para-hydroxylation sites is 3. The van der Waals surface area contributed by atoms with Gasteiger partial charge in [0.2, 0.25) is 28.4 Å². The fraction of sp³-hybridized carbons (Fsp3) is 0.349. The molecule has 105 heavy (non-hydrogen) atoms. The maximum atomic E-state index is 12.6. The molecule has 546 valence electrons. The number of halogens is 3. The Bertz CT molecular complexity index is 4700. The van der Waals surface area contributed by atoms with Gasteiger partial charge in [0.25, 0.3) is 0 Å². The number of carboxylic acids is 1. The summed E-state index contributed by atoms with van der Waals surface area (Å²) in [6.45, 7) is 7.30. The number of carbonyl (C=O) groups is 3. The largest absolute Gasteiger partial charge is 1.00 e. The number of nitrogens with zero attached hydrogens (tertiary/aromatic N) is 6. The number of carbonyl (C=O) groups excluding carboxylic acids is 2. The van der Waals surface area contributed by atoms with Crippen LogP contribution in [0.15, 0.2) is 194 Å². The second-order valence-electron chi connectivity index (χ2n) is 27.4. The highest BCUT2D eigenvalue weighted by Crippen LogP contribution is 2.58. The van der Waals surface area contributed by atoms with E-state index in [2.05, 4.69) is 203 Å². The van der Waals surface area contributed by atoms with Crippen molar-refractivity contribution in [3.63, 3.8) is 0 Å². The predicted octanol–water partition coefficient (Wildman–Crippen LogP) is 6.40. The number of pyridine rings is 3. The molecule has 0 bridgehead atoms. The molecule has 3 unspecified atom stereocenters. The van der Waals surface area contributed by atoms with Crippen molar-refractivity contribution in [1.29, 1.82) is 0 Å². The van der Waals surface area contributed by atoms with E-state index in [0.717, 1.165) is 134 Å². The van der Waals surface area contributed by atoms with Crippen LogP contribution >= 0.6 is 35.3 Å². The summed E-state index contributed by atoms with van der Waals surface area (Å²) in [4.78, 5) is 47.3. The lowest BCUT2D eigenvalue weighted by atomic mass is 9.90. The van der Waals surface area contributed by atoms with Crippen molar-refractivity contribution in [2.24, 2.45) is 0 Å². The van der Waals surface area contributed by atoms with Gasteiger partial charge in [0.15, 0.2) is 18.6 Å². The van der Waals surface area contributed by atoms with Crippen LogP contribution in [-0.4, -0.2) is 87.1 Å². The lowest BCUT2D eigenvalue weighted by Gasteiger charge is -2.37. The van der Waals surface area contributed by atoms with E-state index in [4.69, 9.17) is 24.1 Å². The van der Waals surface area contributed by atoms with E-state index in [1.54, 1.807) is 0 Å². The Morgan fingerprint density at radius 1 is 0.429 bits per heavy atom. The van der Waals surface area contributed by atoms with E-state index in [0.29, 0.717) is 39.1 Å². The normalized spacial score (nSPS) is 17.4. The molecule has 6 aromatic carbocycles. The van der Waals surface area contributed by atoms with Crippen molar-refractivity contribution in [2.45, 2.75) is 156 Å². The number of rotatable bonds is 24. The van der Waals surface area contributed by atoms with Gasteiger partial charge < -0.3 is 121 Å². The van der Waals surface area contributed by atoms with Crippen LogP contribution in [0.2, 0.25) is 0 Å². The molecule has 0 saturated carbocycles. The number of hydrogen-bond acceptors (Lipinski definition) is 13. The summed E-state index contributed by atoms with van der Waals surface area (Å²) in [5, 5.41) is 22.3. The summed E-state index contributed by atoms with van der Waals surface area (Å²) in [7, 11) is 0. The summed E-state index contributed by atoms with van der Waals surface area (Å²) in [6, 6.07) is 52.1. The fourth-order valence-corrected chi connectivity index (χ4v) is 20.2. The number of carboxylic acid groups (broad SMARTS) is 1. The molecule has 3 N–H and O–H groups in total. The van der Waals surface area contributed by atoms with Gasteiger partial charge in [-0.1, -0.05) is 97.3 Å². The highest BCUT2D eigenvalue weighted by molar-refractivity contribution is 8.04. The van der Waals surface area contributed by atoms with E-state index in [1.165, 1.54) is 113 Å². The van der Waals surface area contributed by atoms with Crippen molar-refractivity contribution in [2.75, 3.05) is 60.6 Å². The Hall–Kier alpha value is -6.82. The van der Waals surface area contributed by atoms with Gasteiger partial charge in [0, 0.05) is 175 Å². The number of aliphatic carboxylic acids is 1. The van der Waals surface area contributed by atoms with Crippen LogP contribution in [0.4, 0.5) is 17.1 Å². The van der Waals surface area contributed by atoms with Crippen LogP contribution in [0, 0.1) is 0 Å². The molecule has 22 heteroatoms. The molecule has 9 aromatic rings. The first-order valence-electron chi connectivity index (χ1n) is 36.3. The molecule has 18 rings (SSSR count). The van der Waals surface area contributed by atoms with Crippen molar-refractivity contribution in [1.82, 2.24) is 10.6 Å². The number of nitrogens with one attached hydrogen (secondary N) is 2. The first-order valence-corrected chi connectivity index (χ1v) is 38.8. The van der Waals surface area contributed by atoms with Crippen molar-refractivity contribution in [3.8, 4) is 17.2 Å². The Morgan fingerprint density at radius 2 is 0.762 bits per heavy atom. The third-order valence-electron chi connectivity index (χ3n) is 21.0. The standard InChI is InChI=1S/C56H56N6O5S2.C26H24N2O3S.CH4.3HI/c63-49(21-3-1-9-29-59-31-23-37-51-41(59)15-11-17-43(51)66-45-25-33-61-39-13-5-7-19-47(39)68-55(61)53(37)45)57-27-35-65-36-28-58-50(64)22-4-2-10-30-60-32-24-38-52-42(60)16-12-18-44(52)67-46-26-34-62-40-14-6-8-20-48(40)69-56(62)54(38)46;29-23(30)11-2-1-5-14-27-15-12-17-24-19(27)8-6-9-20(24)31-21-13-16-28-18-7-3-4-10-22(18)32-26(28)25(17)21;;;;/h5-8,11-20,23-24,31-32,45-46H,1-4,9-10,21-22,25-30,33-36H2;3-4,6-10,12,15,21H,1-2,5,11,13-14,16H2;1H4;3*1H. The number of unbranched alkanes of at least 4 members (excludes halogenated alkanes) is 6. The first kappa shape index (κ1) is 76.4. The lowest BCUT2D eigenvalue weighted by molar-refractivity contribution is -0.672. The minimum atomic E-state index is -0.714. The van der Waals surface area contributed by atoms with Crippen LogP contribution in [0.25, 0.3) is 49.4 Å². The van der Waals surface area contributed by atoms with E-state index < -0.39 is 5.97 Å². The van der Waals surface area contributed by atoms with E-state index in [9.17, 15) is 14.4 Å². The summed E-state index contributed by atoms with van der Waals surface area (Å²) >= 11 is 5.60. The highest BCUT2D eigenvalue weighted by Gasteiger charge is 2.44. The van der Waals surface area contributed by atoms with E-state index in [-0.39, 0.29) is 116 Å². The zero-order chi connectivity index (χ0) is 67.9. The number of amides is 2. The molecule has 2 amide bonds. The van der Waals surface area contributed by atoms with Crippen molar-refractivity contribution < 1.29 is 124 Å². The van der Waals surface area contributed by atoms with Gasteiger partial charge in [0.05, 0.1) is 61.5 Å². The van der Waals surface area contributed by atoms with Gasteiger partial charge in [-0.05, 0) is 93.1 Å². The predicted molar refractivity (Wildman–Crippen MR) is 406 cm³/mol. The average Bonchev–Trinajstić information content (AvgIpc) is 1.71. The molecule has 0 aliphatic carbocycles. The number of ether oxygens (including phenoxy) is 4. The fourth-order valence-electron chi connectivity index (χ4n) is 16.3. The third kappa shape index (κ3) is 15.3. The molecule has 12 heterocycles. The zero-order valence-corrected chi connectivity index (χ0v) is 66.8. The van der Waals surface area contributed by atoms with Crippen LogP contribution in [0.3, 0.4) is 0 Å².